The lowest BCUT2D eigenvalue weighted by atomic mass is 9.84. The van der Waals surface area contributed by atoms with Gasteiger partial charge in [0.1, 0.15) is 5.78 Å². The van der Waals surface area contributed by atoms with Gasteiger partial charge in [-0.1, -0.05) is 40.5 Å². The molecule has 0 amide bonds. The van der Waals surface area contributed by atoms with Crippen LogP contribution in [0, 0.1) is 5.41 Å². The highest BCUT2D eigenvalue weighted by Gasteiger charge is 2.18. The number of hydrogen-bond acceptors (Lipinski definition) is 1. The second kappa shape index (κ2) is 5.34. The number of unbranched alkanes of at least 4 members (excludes halogenated alkanes) is 1. The molecule has 0 spiro atoms. The molecule has 0 bridgehead atoms. The summed E-state index contributed by atoms with van der Waals surface area (Å²) >= 11 is 0. The largest absolute Gasteiger partial charge is 0.300 e. The minimum absolute atomic E-state index is 0.213. The van der Waals surface area contributed by atoms with E-state index in [0.29, 0.717) is 5.78 Å². The lowest BCUT2D eigenvalue weighted by molar-refractivity contribution is -0.121. The third-order valence-electron chi connectivity index (χ3n) is 2.44. The van der Waals surface area contributed by atoms with Gasteiger partial charge in [0.25, 0.3) is 0 Å². The predicted molar refractivity (Wildman–Crippen MR) is 53.2 cm³/mol. The van der Waals surface area contributed by atoms with Crippen LogP contribution in [0.1, 0.15) is 59.8 Å². The van der Waals surface area contributed by atoms with E-state index in [1.165, 1.54) is 0 Å². The number of carbonyl (C=O) groups excluding carboxylic acids is 1. The summed E-state index contributed by atoms with van der Waals surface area (Å²) in [4.78, 5) is 11.4. The van der Waals surface area contributed by atoms with Gasteiger partial charge < -0.3 is 0 Å². The number of Topliss-reactive ketones (excluding diaryl/α,β-unsaturated/α-hetero) is 1. The number of carbonyl (C=O) groups is 1. The van der Waals surface area contributed by atoms with E-state index >= 15 is 0 Å². The van der Waals surface area contributed by atoms with Gasteiger partial charge in [-0.15, -0.1) is 0 Å². The fraction of sp³-hybridized carbons (Fsp3) is 0.909. The second-order valence-corrected chi connectivity index (χ2v) is 4.34. The Morgan fingerprint density at radius 2 is 1.83 bits per heavy atom. The SMILES string of the molecule is CCCCC(=O)CC(C)(C)CC. The number of ketones is 1. The van der Waals surface area contributed by atoms with Crippen LogP contribution in [0.3, 0.4) is 0 Å². The normalized spacial score (nSPS) is 11.7. The lowest BCUT2D eigenvalue weighted by Gasteiger charge is -2.21. The molecular formula is C11H22O. The zero-order valence-electron chi connectivity index (χ0n) is 8.94. The zero-order chi connectivity index (χ0) is 9.61. The fourth-order valence-electron chi connectivity index (χ4n) is 1.12. The molecule has 0 saturated carbocycles. The molecule has 0 heterocycles. The van der Waals surface area contributed by atoms with Crippen LogP contribution in [0.5, 0.6) is 0 Å². The minimum Gasteiger partial charge on any atom is -0.300 e. The van der Waals surface area contributed by atoms with Gasteiger partial charge in [-0.3, -0.25) is 4.79 Å². The molecule has 0 aliphatic heterocycles. The maximum Gasteiger partial charge on any atom is 0.133 e. The van der Waals surface area contributed by atoms with Gasteiger partial charge in [0, 0.05) is 12.8 Å². The third kappa shape index (κ3) is 5.34. The molecule has 0 aliphatic rings. The molecule has 72 valence electrons. The summed E-state index contributed by atoms with van der Waals surface area (Å²) in [5.74, 6) is 0.434. The van der Waals surface area contributed by atoms with E-state index in [1.807, 2.05) is 0 Å². The van der Waals surface area contributed by atoms with Crippen LogP contribution in [0.2, 0.25) is 0 Å². The Kier molecular flexibility index (Phi) is 5.19. The van der Waals surface area contributed by atoms with Crippen molar-refractivity contribution in [2.75, 3.05) is 0 Å². The van der Waals surface area contributed by atoms with Crippen molar-refractivity contribution in [1.29, 1.82) is 0 Å². The van der Waals surface area contributed by atoms with Gasteiger partial charge in [-0.25, -0.2) is 0 Å². The molecule has 1 heteroatoms. The monoisotopic (exact) mass is 170 g/mol. The Hall–Kier alpha value is -0.330. The van der Waals surface area contributed by atoms with E-state index in [2.05, 4.69) is 27.7 Å². The molecule has 0 aromatic rings. The third-order valence-corrected chi connectivity index (χ3v) is 2.44. The summed E-state index contributed by atoms with van der Waals surface area (Å²) < 4.78 is 0. The van der Waals surface area contributed by atoms with Gasteiger partial charge in [-0.05, 0) is 11.8 Å². The van der Waals surface area contributed by atoms with Gasteiger partial charge in [0.05, 0.1) is 0 Å². The van der Waals surface area contributed by atoms with Crippen LogP contribution in [0.25, 0.3) is 0 Å². The first-order chi connectivity index (χ1) is 5.52. The summed E-state index contributed by atoms with van der Waals surface area (Å²) in [5, 5.41) is 0. The first-order valence-corrected chi connectivity index (χ1v) is 5.03. The van der Waals surface area contributed by atoms with E-state index in [1.54, 1.807) is 0 Å². The minimum atomic E-state index is 0.213. The second-order valence-electron chi connectivity index (χ2n) is 4.34. The zero-order valence-corrected chi connectivity index (χ0v) is 8.94. The highest BCUT2D eigenvalue weighted by molar-refractivity contribution is 5.78. The molecule has 0 aromatic heterocycles. The summed E-state index contributed by atoms with van der Waals surface area (Å²) in [6, 6.07) is 0. The van der Waals surface area contributed by atoms with Gasteiger partial charge >= 0.3 is 0 Å². The molecule has 0 atom stereocenters. The van der Waals surface area contributed by atoms with Crippen molar-refractivity contribution in [3.8, 4) is 0 Å². The average molecular weight is 170 g/mol. The van der Waals surface area contributed by atoms with Crippen LogP contribution < -0.4 is 0 Å². The maximum atomic E-state index is 11.4. The highest BCUT2D eigenvalue weighted by Crippen LogP contribution is 2.25. The van der Waals surface area contributed by atoms with Crippen molar-refractivity contribution in [3.63, 3.8) is 0 Å². The molecule has 0 radical (unpaired) electrons. The summed E-state index contributed by atoms with van der Waals surface area (Å²) in [7, 11) is 0. The first kappa shape index (κ1) is 11.7. The Labute approximate surface area is 76.6 Å². The lowest BCUT2D eigenvalue weighted by Crippen LogP contribution is -2.15. The van der Waals surface area contributed by atoms with Crippen molar-refractivity contribution in [1.82, 2.24) is 0 Å². The maximum absolute atomic E-state index is 11.4. The predicted octanol–water partition coefficient (Wildman–Crippen LogP) is 3.57. The average Bonchev–Trinajstić information content (AvgIpc) is 2.00. The van der Waals surface area contributed by atoms with E-state index < -0.39 is 0 Å². The van der Waals surface area contributed by atoms with E-state index in [0.717, 1.165) is 32.1 Å². The van der Waals surface area contributed by atoms with Crippen LogP contribution in [-0.2, 0) is 4.79 Å². The van der Waals surface area contributed by atoms with E-state index in [4.69, 9.17) is 0 Å². The van der Waals surface area contributed by atoms with E-state index in [9.17, 15) is 4.79 Å². The van der Waals surface area contributed by atoms with E-state index in [-0.39, 0.29) is 5.41 Å². The molecule has 0 saturated heterocycles. The Balaban J connectivity index is 3.68. The van der Waals surface area contributed by atoms with Crippen LogP contribution in [0.4, 0.5) is 0 Å². The van der Waals surface area contributed by atoms with Crippen LogP contribution in [-0.4, -0.2) is 5.78 Å². The molecule has 0 aliphatic carbocycles. The Morgan fingerprint density at radius 3 is 2.25 bits per heavy atom. The molecule has 1 nitrogen and oxygen atoms in total. The van der Waals surface area contributed by atoms with Gasteiger partial charge in [-0.2, -0.15) is 0 Å². The van der Waals surface area contributed by atoms with Crippen LogP contribution in [0.15, 0.2) is 0 Å². The molecule has 0 N–H and O–H groups in total. The van der Waals surface area contributed by atoms with Gasteiger partial charge in [0.2, 0.25) is 0 Å². The molecule has 0 aromatic carbocycles. The van der Waals surface area contributed by atoms with Crippen molar-refractivity contribution < 1.29 is 4.79 Å². The van der Waals surface area contributed by atoms with Crippen molar-refractivity contribution >= 4 is 5.78 Å². The smallest absolute Gasteiger partial charge is 0.133 e. The molecule has 12 heavy (non-hydrogen) atoms. The summed E-state index contributed by atoms with van der Waals surface area (Å²) in [6.07, 6.45) is 4.80. The van der Waals surface area contributed by atoms with Gasteiger partial charge in [0.15, 0.2) is 0 Å². The highest BCUT2D eigenvalue weighted by atomic mass is 16.1. The molecule has 0 rings (SSSR count). The number of hydrogen-bond donors (Lipinski definition) is 0. The summed E-state index contributed by atoms with van der Waals surface area (Å²) in [6.45, 7) is 8.60. The van der Waals surface area contributed by atoms with Crippen molar-refractivity contribution in [2.45, 2.75) is 59.8 Å². The topological polar surface area (TPSA) is 17.1 Å². The summed E-state index contributed by atoms with van der Waals surface area (Å²) in [5.41, 5.74) is 0.213. The van der Waals surface area contributed by atoms with Crippen molar-refractivity contribution in [3.05, 3.63) is 0 Å². The fourth-order valence-corrected chi connectivity index (χ4v) is 1.12. The quantitative estimate of drug-likeness (QED) is 0.595. The number of rotatable bonds is 6. The molecule has 0 unspecified atom stereocenters. The molecular weight excluding hydrogens is 148 g/mol. The Bertz CT molecular complexity index is 136. The standard InChI is InChI=1S/C11H22O/c1-5-7-8-10(12)9-11(3,4)6-2/h5-9H2,1-4H3. The molecule has 0 fully saturated rings. The first-order valence-electron chi connectivity index (χ1n) is 5.03. The Morgan fingerprint density at radius 1 is 1.25 bits per heavy atom. The van der Waals surface area contributed by atoms with Crippen molar-refractivity contribution in [2.24, 2.45) is 5.41 Å². The van der Waals surface area contributed by atoms with Crippen LogP contribution >= 0.6 is 0 Å².